The fraction of sp³-hybridized carbons (Fsp3) is 0.500. The molecule has 2 atom stereocenters. The van der Waals surface area contributed by atoms with Crippen molar-refractivity contribution in [3.05, 3.63) is 28.8 Å². The van der Waals surface area contributed by atoms with Crippen molar-refractivity contribution in [2.24, 2.45) is 11.7 Å². The topological polar surface area (TPSA) is 55.5 Å². The van der Waals surface area contributed by atoms with Gasteiger partial charge in [0.2, 0.25) is 0 Å². The number of aliphatic hydroxyl groups is 1. The van der Waals surface area contributed by atoms with E-state index < -0.39 is 6.10 Å². The van der Waals surface area contributed by atoms with Gasteiger partial charge in [0, 0.05) is 11.6 Å². The van der Waals surface area contributed by atoms with E-state index >= 15 is 0 Å². The first kappa shape index (κ1) is 13.3. The molecular formula is C12H18ClNO2. The van der Waals surface area contributed by atoms with E-state index in [0.29, 0.717) is 16.3 Å². The normalized spacial score (nSPS) is 14.9. The molecule has 1 aromatic carbocycles. The van der Waals surface area contributed by atoms with Crippen LogP contribution in [0.1, 0.15) is 25.5 Å². The molecule has 3 nitrogen and oxygen atoms in total. The smallest absolute Gasteiger partial charge is 0.120 e. The first-order chi connectivity index (χ1) is 7.47. The fourth-order valence-corrected chi connectivity index (χ4v) is 1.73. The Morgan fingerprint density at radius 2 is 2.00 bits per heavy atom. The summed E-state index contributed by atoms with van der Waals surface area (Å²) in [6.45, 7) is 3.93. The number of hydrogen-bond donors (Lipinski definition) is 2. The van der Waals surface area contributed by atoms with E-state index in [9.17, 15) is 5.11 Å². The molecule has 90 valence electrons. The molecule has 0 spiro atoms. The quantitative estimate of drug-likeness (QED) is 0.854. The van der Waals surface area contributed by atoms with Crippen LogP contribution in [0.4, 0.5) is 0 Å². The Labute approximate surface area is 101 Å². The molecule has 0 fully saturated rings. The van der Waals surface area contributed by atoms with Crippen LogP contribution in [0.3, 0.4) is 0 Å². The highest BCUT2D eigenvalue weighted by Gasteiger charge is 2.22. The first-order valence-electron chi connectivity index (χ1n) is 5.24. The minimum Gasteiger partial charge on any atom is -0.497 e. The molecular weight excluding hydrogens is 226 g/mol. The molecule has 0 radical (unpaired) electrons. The average Bonchev–Trinajstić information content (AvgIpc) is 2.26. The van der Waals surface area contributed by atoms with Crippen LogP contribution in [0.2, 0.25) is 5.02 Å². The van der Waals surface area contributed by atoms with Crippen molar-refractivity contribution in [3.63, 3.8) is 0 Å². The zero-order valence-electron chi connectivity index (χ0n) is 9.77. The van der Waals surface area contributed by atoms with Crippen molar-refractivity contribution in [2.75, 3.05) is 7.11 Å². The predicted octanol–water partition coefficient (Wildman–Crippen LogP) is 2.37. The summed E-state index contributed by atoms with van der Waals surface area (Å²) in [5, 5.41) is 10.5. The van der Waals surface area contributed by atoms with Crippen LogP contribution in [-0.2, 0) is 0 Å². The number of aliphatic hydroxyl groups excluding tert-OH is 1. The zero-order valence-corrected chi connectivity index (χ0v) is 10.5. The van der Waals surface area contributed by atoms with Gasteiger partial charge < -0.3 is 15.6 Å². The van der Waals surface area contributed by atoms with Gasteiger partial charge >= 0.3 is 0 Å². The van der Waals surface area contributed by atoms with Crippen LogP contribution < -0.4 is 10.5 Å². The van der Waals surface area contributed by atoms with Gasteiger partial charge in [0.05, 0.1) is 18.2 Å². The molecule has 3 N–H and O–H groups in total. The Bertz CT molecular complexity index is 355. The third kappa shape index (κ3) is 2.88. The molecule has 1 rings (SSSR count). The lowest BCUT2D eigenvalue weighted by molar-refractivity contribution is 0.126. The van der Waals surface area contributed by atoms with Crippen molar-refractivity contribution in [1.29, 1.82) is 0 Å². The Kier molecular flexibility index (Phi) is 4.59. The lowest BCUT2D eigenvalue weighted by Gasteiger charge is -2.23. The number of benzene rings is 1. The molecule has 0 heterocycles. The minimum atomic E-state index is -0.751. The van der Waals surface area contributed by atoms with Crippen LogP contribution in [0.25, 0.3) is 0 Å². The molecule has 0 bridgehead atoms. The highest BCUT2D eigenvalue weighted by atomic mass is 35.5. The third-order valence-electron chi connectivity index (χ3n) is 2.66. The molecule has 0 aliphatic carbocycles. The molecule has 0 aliphatic heterocycles. The summed E-state index contributed by atoms with van der Waals surface area (Å²) >= 11 is 6.06. The van der Waals surface area contributed by atoms with Gasteiger partial charge in [-0.2, -0.15) is 0 Å². The fourth-order valence-electron chi connectivity index (χ4n) is 1.45. The van der Waals surface area contributed by atoms with E-state index in [4.69, 9.17) is 22.1 Å². The lowest BCUT2D eigenvalue weighted by Crippen LogP contribution is -2.33. The van der Waals surface area contributed by atoms with Crippen LogP contribution in [-0.4, -0.2) is 18.3 Å². The van der Waals surface area contributed by atoms with Crippen molar-refractivity contribution in [3.8, 4) is 5.75 Å². The molecule has 0 amide bonds. The van der Waals surface area contributed by atoms with Crippen molar-refractivity contribution in [2.45, 2.75) is 26.0 Å². The molecule has 0 aromatic heterocycles. The van der Waals surface area contributed by atoms with Crippen LogP contribution >= 0.6 is 11.6 Å². The molecule has 4 heteroatoms. The SMILES string of the molecule is COc1ccc(C(O)C(N)C(C)C)c(Cl)c1. The molecule has 16 heavy (non-hydrogen) atoms. The summed E-state index contributed by atoms with van der Waals surface area (Å²) in [5.41, 5.74) is 6.53. The van der Waals surface area contributed by atoms with Crippen molar-refractivity contribution >= 4 is 11.6 Å². The van der Waals surface area contributed by atoms with Gasteiger partial charge in [-0.3, -0.25) is 0 Å². The van der Waals surface area contributed by atoms with Gasteiger partial charge in [-0.15, -0.1) is 0 Å². The van der Waals surface area contributed by atoms with E-state index in [1.54, 1.807) is 25.3 Å². The maximum atomic E-state index is 10.1. The van der Waals surface area contributed by atoms with Gasteiger partial charge in [-0.05, 0) is 18.1 Å². The predicted molar refractivity (Wildman–Crippen MR) is 65.8 cm³/mol. The summed E-state index contributed by atoms with van der Waals surface area (Å²) < 4.78 is 5.04. The van der Waals surface area contributed by atoms with Crippen LogP contribution in [0.5, 0.6) is 5.75 Å². The maximum absolute atomic E-state index is 10.1. The Balaban J connectivity index is 2.96. The van der Waals surface area contributed by atoms with E-state index in [1.807, 2.05) is 13.8 Å². The number of nitrogens with two attached hydrogens (primary N) is 1. The highest BCUT2D eigenvalue weighted by molar-refractivity contribution is 6.31. The highest BCUT2D eigenvalue weighted by Crippen LogP contribution is 2.30. The number of methoxy groups -OCH3 is 1. The standard InChI is InChI=1S/C12H18ClNO2/c1-7(2)11(14)12(15)9-5-4-8(16-3)6-10(9)13/h4-7,11-12,15H,14H2,1-3H3. The van der Waals surface area contributed by atoms with Gasteiger partial charge in [-0.1, -0.05) is 31.5 Å². The summed E-state index contributed by atoms with van der Waals surface area (Å²) in [5.74, 6) is 0.854. The van der Waals surface area contributed by atoms with Crippen molar-refractivity contribution < 1.29 is 9.84 Å². The Hall–Kier alpha value is -0.770. The lowest BCUT2D eigenvalue weighted by atomic mass is 9.94. The van der Waals surface area contributed by atoms with E-state index in [-0.39, 0.29) is 12.0 Å². The monoisotopic (exact) mass is 243 g/mol. The molecule has 0 aliphatic rings. The number of halogens is 1. The molecule has 1 aromatic rings. The molecule has 0 saturated heterocycles. The van der Waals surface area contributed by atoms with Crippen LogP contribution in [0, 0.1) is 5.92 Å². The maximum Gasteiger partial charge on any atom is 0.120 e. The third-order valence-corrected chi connectivity index (χ3v) is 2.99. The van der Waals surface area contributed by atoms with Gasteiger partial charge in [0.15, 0.2) is 0 Å². The van der Waals surface area contributed by atoms with E-state index in [0.717, 1.165) is 0 Å². The molecule has 0 saturated carbocycles. The Morgan fingerprint density at radius 1 is 1.38 bits per heavy atom. The summed E-state index contributed by atoms with van der Waals surface area (Å²) in [6, 6.07) is 4.85. The van der Waals surface area contributed by atoms with Gasteiger partial charge in [-0.25, -0.2) is 0 Å². The number of ether oxygens (including phenoxy) is 1. The van der Waals surface area contributed by atoms with E-state index in [1.165, 1.54) is 0 Å². The largest absolute Gasteiger partial charge is 0.497 e. The Morgan fingerprint density at radius 3 is 2.44 bits per heavy atom. The first-order valence-corrected chi connectivity index (χ1v) is 5.62. The second-order valence-electron chi connectivity index (χ2n) is 4.15. The number of hydrogen-bond acceptors (Lipinski definition) is 3. The minimum absolute atomic E-state index is 0.188. The van der Waals surface area contributed by atoms with Gasteiger partial charge in [0.25, 0.3) is 0 Å². The van der Waals surface area contributed by atoms with Crippen molar-refractivity contribution in [1.82, 2.24) is 0 Å². The summed E-state index contributed by atoms with van der Waals surface area (Å²) in [4.78, 5) is 0. The second-order valence-corrected chi connectivity index (χ2v) is 4.56. The summed E-state index contributed by atoms with van der Waals surface area (Å²) in [6.07, 6.45) is -0.751. The zero-order chi connectivity index (χ0) is 12.3. The van der Waals surface area contributed by atoms with E-state index in [2.05, 4.69) is 0 Å². The number of rotatable bonds is 4. The van der Waals surface area contributed by atoms with Crippen LogP contribution in [0.15, 0.2) is 18.2 Å². The average molecular weight is 244 g/mol. The molecule has 2 unspecified atom stereocenters. The second kappa shape index (κ2) is 5.53. The van der Waals surface area contributed by atoms with Gasteiger partial charge in [0.1, 0.15) is 5.75 Å². The summed E-state index contributed by atoms with van der Waals surface area (Å²) in [7, 11) is 1.57.